The Kier molecular flexibility index (Phi) is 7.38. The zero-order valence-corrected chi connectivity index (χ0v) is 23.6. The summed E-state index contributed by atoms with van der Waals surface area (Å²) in [6, 6.07) is 21.2. The number of anilines is 1. The zero-order valence-electron chi connectivity index (χ0n) is 23.6. The van der Waals surface area contributed by atoms with E-state index in [4.69, 9.17) is 24.9 Å². The minimum atomic E-state index is -0.500. The number of hydrogen-bond acceptors (Lipinski definition) is 8. The molecule has 0 bridgehead atoms. The molecule has 1 amide bonds. The van der Waals surface area contributed by atoms with Crippen LogP contribution in [0, 0.1) is 18.3 Å². The summed E-state index contributed by atoms with van der Waals surface area (Å²) in [5, 5.41) is 9.23. The Balaban J connectivity index is 1.20. The van der Waals surface area contributed by atoms with Crippen molar-refractivity contribution in [1.82, 2.24) is 9.88 Å². The number of carbonyl (C=O) groups is 1. The summed E-state index contributed by atoms with van der Waals surface area (Å²) in [7, 11) is 1.64. The number of rotatable bonds is 7. The third-order valence-electron chi connectivity index (χ3n) is 7.84. The van der Waals surface area contributed by atoms with Crippen LogP contribution in [-0.4, -0.2) is 55.9 Å². The van der Waals surface area contributed by atoms with Gasteiger partial charge >= 0.3 is 0 Å². The van der Waals surface area contributed by atoms with Crippen LogP contribution in [-0.2, 0) is 6.54 Å². The van der Waals surface area contributed by atoms with Gasteiger partial charge < -0.3 is 24.8 Å². The molecule has 6 rings (SSSR count). The quantitative estimate of drug-likeness (QED) is 0.344. The molecule has 0 spiro atoms. The summed E-state index contributed by atoms with van der Waals surface area (Å²) >= 11 is 0. The van der Waals surface area contributed by atoms with E-state index < -0.39 is 5.91 Å². The fourth-order valence-electron chi connectivity index (χ4n) is 5.68. The summed E-state index contributed by atoms with van der Waals surface area (Å²) in [4.78, 5) is 22.0. The molecule has 2 N–H and O–H groups in total. The molecule has 9 heteroatoms. The predicted octanol–water partition coefficient (Wildman–Crippen LogP) is 4.75. The van der Waals surface area contributed by atoms with E-state index in [9.17, 15) is 10.1 Å². The fraction of sp³-hybridized carbons (Fsp3) is 0.242. The molecule has 0 unspecified atom stereocenters. The molecule has 9 nitrogen and oxygen atoms in total. The van der Waals surface area contributed by atoms with Crippen LogP contribution in [0.15, 0.2) is 66.9 Å². The number of benzene rings is 3. The van der Waals surface area contributed by atoms with Crippen LogP contribution < -0.4 is 24.8 Å². The van der Waals surface area contributed by atoms with Crippen molar-refractivity contribution in [3.05, 3.63) is 89.1 Å². The lowest BCUT2D eigenvalue weighted by atomic mass is 9.87. The lowest BCUT2D eigenvalue weighted by molar-refractivity contribution is 0.100. The highest BCUT2D eigenvalue weighted by molar-refractivity contribution is 6.04. The zero-order chi connectivity index (χ0) is 29.2. The second-order valence-corrected chi connectivity index (χ2v) is 10.4. The van der Waals surface area contributed by atoms with Crippen molar-refractivity contribution in [2.45, 2.75) is 13.5 Å². The first-order valence-corrected chi connectivity index (χ1v) is 13.8. The highest BCUT2D eigenvalue weighted by atomic mass is 16.7. The number of fused-ring (bicyclic) bond motifs is 1. The number of pyridine rings is 1. The van der Waals surface area contributed by atoms with Crippen LogP contribution in [0.4, 0.5) is 5.82 Å². The van der Waals surface area contributed by atoms with Crippen molar-refractivity contribution in [3.8, 4) is 45.6 Å². The lowest BCUT2D eigenvalue weighted by Gasteiger charge is -2.35. The van der Waals surface area contributed by atoms with Gasteiger partial charge in [0.1, 0.15) is 5.82 Å². The Hall–Kier alpha value is -5.07. The van der Waals surface area contributed by atoms with Gasteiger partial charge in [-0.15, -0.1) is 0 Å². The summed E-state index contributed by atoms with van der Waals surface area (Å²) in [5.41, 5.74) is 12.3. The first kappa shape index (κ1) is 27.1. The van der Waals surface area contributed by atoms with Gasteiger partial charge in [-0.2, -0.15) is 5.26 Å². The first-order valence-electron chi connectivity index (χ1n) is 13.8. The Morgan fingerprint density at radius 2 is 1.76 bits per heavy atom. The molecule has 2 aliphatic heterocycles. The number of nitrogens with two attached hydrogens (primary N) is 1. The molecular weight excluding hydrogens is 530 g/mol. The number of nitrogens with zero attached hydrogens (tertiary/aromatic N) is 4. The van der Waals surface area contributed by atoms with Crippen LogP contribution in [0.5, 0.6) is 17.2 Å². The Morgan fingerprint density at radius 1 is 1.00 bits per heavy atom. The minimum absolute atomic E-state index is 0.212. The maximum Gasteiger partial charge on any atom is 0.249 e. The molecule has 4 aromatic rings. The molecule has 1 aromatic heterocycles. The summed E-state index contributed by atoms with van der Waals surface area (Å²) in [6.45, 7) is 6.43. The summed E-state index contributed by atoms with van der Waals surface area (Å²) in [6.07, 6.45) is 1.81. The number of amides is 1. The molecule has 3 heterocycles. The van der Waals surface area contributed by atoms with Crippen LogP contribution in [0.2, 0.25) is 0 Å². The van der Waals surface area contributed by atoms with E-state index in [1.807, 2.05) is 55.6 Å². The maximum absolute atomic E-state index is 12.5. The van der Waals surface area contributed by atoms with E-state index in [0.29, 0.717) is 22.6 Å². The number of methoxy groups -OCH3 is 1. The van der Waals surface area contributed by atoms with E-state index in [1.165, 1.54) is 0 Å². The van der Waals surface area contributed by atoms with Crippen LogP contribution in [0.1, 0.15) is 27.0 Å². The highest BCUT2D eigenvalue weighted by Gasteiger charge is 2.24. The number of hydrogen-bond donors (Lipinski definition) is 1. The van der Waals surface area contributed by atoms with Crippen molar-refractivity contribution in [1.29, 1.82) is 5.26 Å². The number of aromatic nitrogens is 1. The SMILES string of the molecule is COc1cc(CN2CCN(c3ccc(-c4c(C(N)=O)ccc(C)c4-c4ccc(C#N)cc4)cn3)CC2)cc2c1OCO2. The third kappa shape index (κ3) is 5.20. The van der Waals surface area contributed by atoms with Gasteiger partial charge in [0, 0.05) is 55.6 Å². The Morgan fingerprint density at radius 3 is 2.43 bits per heavy atom. The second-order valence-electron chi connectivity index (χ2n) is 10.4. The molecular formula is C33H31N5O4. The van der Waals surface area contributed by atoms with E-state index in [1.54, 1.807) is 25.3 Å². The molecule has 0 aliphatic carbocycles. The largest absolute Gasteiger partial charge is 0.493 e. The number of carbonyl (C=O) groups excluding carboxylic acids is 1. The van der Waals surface area contributed by atoms with Crippen LogP contribution in [0.3, 0.4) is 0 Å². The highest BCUT2D eigenvalue weighted by Crippen LogP contribution is 2.42. The van der Waals surface area contributed by atoms with E-state index in [-0.39, 0.29) is 6.79 Å². The average molecular weight is 562 g/mol. The number of nitriles is 1. The number of piperazine rings is 1. The van der Waals surface area contributed by atoms with Gasteiger partial charge in [0.05, 0.1) is 18.7 Å². The van der Waals surface area contributed by atoms with Gasteiger partial charge in [-0.25, -0.2) is 4.98 Å². The monoisotopic (exact) mass is 561 g/mol. The summed E-state index contributed by atoms with van der Waals surface area (Å²) < 4.78 is 16.6. The third-order valence-corrected chi connectivity index (χ3v) is 7.84. The van der Waals surface area contributed by atoms with E-state index in [0.717, 1.165) is 77.7 Å². The molecule has 1 saturated heterocycles. The van der Waals surface area contributed by atoms with Crippen molar-refractivity contribution in [2.24, 2.45) is 5.73 Å². The van der Waals surface area contributed by atoms with Gasteiger partial charge in [0.25, 0.3) is 0 Å². The molecule has 0 radical (unpaired) electrons. The molecule has 2 aliphatic rings. The van der Waals surface area contributed by atoms with Crippen LogP contribution >= 0.6 is 0 Å². The molecule has 0 saturated carbocycles. The van der Waals surface area contributed by atoms with E-state index in [2.05, 4.69) is 15.9 Å². The predicted molar refractivity (Wildman–Crippen MR) is 160 cm³/mol. The smallest absolute Gasteiger partial charge is 0.249 e. The Bertz CT molecular complexity index is 1670. The maximum atomic E-state index is 12.5. The van der Waals surface area contributed by atoms with Crippen molar-refractivity contribution in [3.63, 3.8) is 0 Å². The van der Waals surface area contributed by atoms with Gasteiger partial charge in [-0.1, -0.05) is 18.2 Å². The van der Waals surface area contributed by atoms with Crippen molar-refractivity contribution < 1.29 is 19.0 Å². The number of primary amides is 1. The first-order chi connectivity index (χ1) is 20.4. The standard InChI is InChI=1S/C33H31N5O4/c1-21-3-9-26(33(35)39)31(30(21)24-6-4-22(17-34)5-7-24)25-8-10-29(36-18-25)38-13-11-37(12-14-38)19-23-15-27(40-2)32-28(16-23)41-20-42-32/h3-10,15-16,18H,11-14,19-20H2,1-2H3,(H2,35,39). The number of aryl methyl sites for hydroxylation is 1. The minimum Gasteiger partial charge on any atom is -0.493 e. The van der Waals surface area contributed by atoms with Gasteiger partial charge in [-0.05, 0) is 71.6 Å². The van der Waals surface area contributed by atoms with Crippen LogP contribution in [0.25, 0.3) is 22.3 Å². The van der Waals surface area contributed by atoms with Crippen molar-refractivity contribution in [2.75, 3.05) is 45.0 Å². The van der Waals surface area contributed by atoms with Gasteiger partial charge in [-0.3, -0.25) is 9.69 Å². The van der Waals surface area contributed by atoms with Crippen molar-refractivity contribution >= 4 is 11.7 Å². The molecule has 3 aromatic carbocycles. The number of ether oxygens (including phenoxy) is 3. The Labute approximate surface area is 244 Å². The topological polar surface area (TPSA) is 114 Å². The summed E-state index contributed by atoms with van der Waals surface area (Å²) in [5.74, 6) is 2.47. The molecule has 1 fully saturated rings. The second kappa shape index (κ2) is 11.4. The molecule has 42 heavy (non-hydrogen) atoms. The van der Waals surface area contributed by atoms with E-state index >= 15 is 0 Å². The average Bonchev–Trinajstić information content (AvgIpc) is 3.50. The fourth-order valence-corrected chi connectivity index (χ4v) is 5.68. The normalized spacial score (nSPS) is 14.5. The molecule has 212 valence electrons. The van der Waals surface area contributed by atoms with Gasteiger partial charge in [0.15, 0.2) is 11.5 Å². The van der Waals surface area contributed by atoms with Gasteiger partial charge in [0.2, 0.25) is 18.4 Å². The lowest BCUT2D eigenvalue weighted by Crippen LogP contribution is -2.46. The molecule has 0 atom stereocenters.